The van der Waals surface area contributed by atoms with E-state index in [1.54, 1.807) is 0 Å². The second-order valence-electron chi connectivity index (χ2n) is 6.34. The maximum absolute atomic E-state index is 6.19. The highest BCUT2D eigenvalue weighted by atomic mass is 16.5. The molecule has 2 rings (SSSR count). The summed E-state index contributed by atoms with van der Waals surface area (Å²) < 4.78 is 6.19. The molecule has 1 aliphatic rings. The van der Waals surface area contributed by atoms with Gasteiger partial charge in [0.2, 0.25) is 0 Å². The summed E-state index contributed by atoms with van der Waals surface area (Å²) in [5, 5.41) is 3.39. The van der Waals surface area contributed by atoms with Crippen LogP contribution in [0.2, 0.25) is 0 Å². The summed E-state index contributed by atoms with van der Waals surface area (Å²) in [6, 6.07) is 8.53. The summed E-state index contributed by atoms with van der Waals surface area (Å²) in [6.07, 6.45) is 2.33. The molecule has 0 bridgehead atoms. The molecule has 18 heavy (non-hydrogen) atoms. The highest BCUT2D eigenvalue weighted by Gasteiger charge is 2.45. The Bertz CT molecular complexity index is 402. The van der Waals surface area contributed by atoms with Gasteiger partial charge in [-0.3, -0.25) is 0 Å². The minimum absolute atomic E-state index is 0.0620. The van der Waals surface area contributed by atoms with Gasteiger partial charge in [0.05, 0.1) is 0 Å². The standard InChI is InChI=1S/C16H25NO/c1-5-17-12-16(9-10-16)18-14-8-6-7-13(11-14)15(2,3)4/h6-8,11,17H,5,9-10,12H2,1-4H3. The Kier molecular flexibility index (Phi) is 3.67. The molecule has 1 saturated carbocycles. The third-order valence-electron chi connectivity index (χ3n) is 3.54. The summed E-state index contributed by atoms with van der Waals surface area (Å²) >= 11 is 0. The Morgan fingerprint density at radius 3 is 2.56 bits per heavy atom. The van der Waals surface area contributed by atoms with Crippen LogP contribution in [-0.2, 0) is 5.41 Å². The topological polar surface area (TPSA) is 21.3 Å². The summed E-state index contributed by atoms with van der Waals surface area (Å²) in [6.45, 7) is 10.8. The molecule has 0 aliphatic heterocycles. The summed E-state index contributed by atoms with van der Waals surface area (Å²) in [5.74, 6) is 1.01. The van der Waals surface area contributed by atoms with Gasteiger partial charge < -0.3 is 10.1 Å². The molecule has 1 fully saturated rings. The fourth-order valence-corrected chi connectivity index (χ4v) is 2.08. The van der Waals surface area contributed by atoms with E-state index in [0.717, 1.165) is 18.8 Å². The lowest BCUT2D eigenvalue weighted by Crippen LogP contribution is -2.33. The van der Waals surface area contributed by atoms with Crippen molar-refractivity contribution in [2.24, 2.45) is 0 Å². The van der Waals surface area contributed by atoms with Crippen LogP contribution in [0.3, 0.4) is 0 Å². The Labute approximate surface area is 111 Å². The first-order chi connectivity index (χ1) is 8.45. The van der Waals surface area contributed by atoms with Crippen molar-refractivity contribution in [2.75, 3.05) is 13.1 Å². The summed E-state index contributed by atoms with van der Waals surface area (Å²) in [5.41, 5.74) is 1.57. The molecule has 100 valence electrons. The van der Waals surface area contributed by atoms with Gasteiger partial charge in [0.1, 0.15) is 11.4 Å². The molecule has 1 N–H and O–H groups in total. The normalized spacial score (nSPS) is 17.6. The van der Waals surface area contributed by atoms with Crippen molar-refractivity contribution in [3.05, 3.63) is 29.8 Å². The molecular weight excluding hydrogens is 222 g/mol. The van der Waals surface area contributed by atoms with Crippen LogP contribution >= 0.6 is 0 Å². The lowest BCUT2D eigenvalue weighted by atomic mass is 9.87. The largest absolute Gasteiger partial charge is 0.486 e. The van der Waals surface area contributed by atoms with Gasteiger partial charge in [0, 0.05) is 6.54 Å². The molecule has 0 amide bonds. The molecule has 0 unspecified atom stereocenters. The van der Waals surface area contributed by atoms with Crippen LogP contribution in [0.4, 0.5) is 0 Å². The van der Waals surface area contributed by atoms with Crippen molar-refractivity contribution in [1.82, 2.24) is 5.32 Å². The highest BCUT2D eigenvalue weighted by Crippen LogP contribution is 2.40. The molecule has 0 atom stereocenters. The van der Waals surface area contributed by atoms with Crippen LogP contribution in [0.5, 0.6) is 5.75 Å². The van der Waals surface area contributed by atoms with E-state index < -0.39 is 0 Å². The van der Waals surface area contributed by atoms with E-state index in [4.69, 9.17) is 4.74 Å². The molecule has 2 nitrogen and oxygen atoms in total. The van der Waals surface area contributed by atoms with Gasteiger partial charge in [0.15, 0.2) is 0 Å². The average Bonchev–Trinajstić information content (AvgIpc) is 3.06. The minimum atomic E-state index is 0.0620. The Morgan fingerprint density at radius 1 is 1.28 bits per heavy atom. The molecule has 1 aromatic carbocycles. The lowest BCUT2D eigenvalue weighted by Gasteiger charge is -2.22. The molecule has 0 saturated heterocycles. The molecule has 1 aliphatic carbocycles. The van der Waals surface area contributed by atoms with E-state index in [1.165, 1.54) is 18.4 Å². The van der Waals surface area contributed by atoms with Crippen molar-refractivity contribution < 1.29 is 4.74 Å². The molecule has 0 heterocycles. The van der Waals surface area contributed by atoms with Gasteiger partial charge in [-0.05, 0) is 42.5 Å². The highest BCUT2D eigenvalue weighted by molar-refractivity contribution is 5.33. The predicted octanol–water partition coefficient (Wildman–Crippen LogP) is 3.51. The van der Waals surface area contributed by atoms with Crippen molar-refractivity contribution in [3.63, 3.8) is 0 Å². The SMILES string of the molecule is CCNCC1(Oc2cccc(C(C)(C)C)c2)CC1. The second-order valence-corrected chi connectivity index (χ2v) is 6.34. The van der Waals surface area contributed by atoms with E-state index in [9.17, 15) is 0 Å². The van der Waals surface area contributed by atoms with Crippen molar-refractivity contribution in [1.29, 1.82) is 0 Å². The first-order valence-corrected chi connectivity index (χ1v) is 6.95. The number of rotatable bonds is 5. The maximum atomic E-state index is 6.19. The van der Waals surface area contributed by atoms with Gasteiger partial charge >= 0.3 is 0 Å². The van der Waals surface area contributed by atoms with Gasteiger partial charge in [-0.2, -0.15) is 0 Å². The van der Waals surface area contributed by atoms with Crippen molar-refractivity contribution in [2.45, 2.75) is 51.6 Å². The average molecular weight is 247 g/mol. The molecule has 0 radical (unpaired) electrons. The number of benzene rings is 1. The van der Waals surface area contributed by atoms with Crippen LogP contribution < -0.4 is 10.1 Å². The lowest BCUT2D eigenvalue weighted by molar-refractivity contribution is 0.176. The second kappa shape index (κ2) is 4.93. The van der Waals surface area contributed by atoms with Crippen LogP contribution in [0.1, 0.15) is 46.1 Å². The van der Waals surface area contributed by atoms with E-state index in [2.05, 4.69) is 57.3 Å². The van der Waals surface area contributed by atoms with Crippen LogP contribution in [0.15, 0.2) is 24.3 Å². The zero-order chi connectivity index (χ0) is 13.2. The van der Waals surface area contributed by atoms with E-state index in [1.807, 2.05) is 0 Å². The smallest absolute Gasteiger partial charge is 0.122 e. The van der Waals surface area contributed by atoms with E-state index >= 15 is 0 Å². The summed E-state index contributed by atoms with van der Waals surface area (Å²) in [7, 11) is 0. The zero-order valence-corrected chi connectivity index (χ0v) is 12.0. The number of hydrogen-bond donors (Lipinski definition) is 1. The Hall–Kier alpha value is -1.02. The van der Waals surface area contributed by atoms with Crippen molar-refractivity contribution >= 4 is 0 Å². The third-order valence-corrected chi connectivity index (χ3v) is 3.54. The first-order valence-electron chi connectivity index (χ1n) is 6.95. The summed E-state index contributed by atoms with van der Waals surface area (Å²) in [4.78, 5) is 0. The zero-order valence-electron chi connectivity index (χ0n) is 12.0. The Balaban J connectivity index is 2.06. The van der Waals surface area contributed by atoms with E-state index in [0.29, 0.717) is 0 Å². The fraction of sp³-hybridized carbons (Fsp3) is 0.625. The first kappa shape index (κ1) is 13.4. The number of hydrogen-bond acceptors (Lipinski definition) is 2. The Morgan fingerprint density at radius 2 is 2.00 bits per heavy atom. The molecule has 1 aromatic rings. The van der Waals surface area contributed by atoms with Crippen LogP contribution in [0.25, 0.3) is 0 Å². The van der Waals surface area contributed by atoms with Gasteiger partial charge in [0.25, 0.3) is 0 Å². The predicted molar refractivity (Wildman–Crippen MR) is 76.3 cm³/mol. The third kappa shape index (κ3) is 3.26. The van der Waals surface area contributed by atoms with E-state index in [-0.39, 0.29) is 11.0 Å². The number of likely N-dealkylation sites (N-methyl/N-ethyl adjacent to an activating group) is 1. The van der Waals surface area contributed by atoms with Crippen LogP contribution in [0, 0.1) is 0 Å². The van der Waals surface area contributed by atoms with Crippen LogP contribution in [-0.4, -0.2) is 18.7 Å². The molecule has 0 spiro atoms. The fourth-order valence-electron chi connectivity index (χ4n) is 2.08. The van der Waals surface area contributed by atoms with Gasteiger partial charge in [-0.15, -0.1) is 0 Å². The molecule has 0 aromatic heterocycles. The number of ether oxygens (including phenoxy) is 1. The molecule has 2 heteroatoms. The van der Waals surface area contributed by atoms with Gasteiger partial charge in [-0.1, -0.05) is 39.8 Å². The maximum Gasteiger partial charge on any atom is 0.122 e. The minimum Gasteiger partial charge on any atom is -0.486 e. The number of nitrogens with one attached hydrogen (secondary N) is 1. The molecular formula is C16H25NO. The van der Waals surface area contributed by atoms with Crippen molar-refractivity contribution in [3.8, 4) is 5.75 Å². The van der Waals surface area contributed by atoms with Gasteiger partial charge in [-0.25, -0.2) is 0 Å². The monoisotopic (exact) mass is 247 g/mol. The quantitative estimate of drug-likeness (QED) is 0.859.